The maximum Gasteiger partial charge on any atom is 0.264 e. The monoisotopic (exact) mass is 613 g/mol. The third-order valence-corrected chi connectivity index (χ3v) is 8.91. The molecule has 42 heavy (non-hydrogen) atoms. The van der Waals surface area contributed by atoms with E-state index >= 15 is 0 Å². The SMILES string of the molecule is CCOc1ccc(N(CC(=O)Nc2ccc(S(=O)(=O)Nc3nc(C)cc(C)n3)cc2)S(=O)(=O)c2ccc(F)cc2)cc1. The van der Waals surface area contributed by atoms with Crippen LogP contribution in [0.2, 0.25) is 0 Å². The van der Waals surface area contributed by atoms with Gasteiger partial charge in [-0.25, -0.2) is 35.9 Å². The first-order chi connectivity index (χ1) is 19.9. The highest BCUT2D eigenvalue weighted by atomic mass is 32.2. The number of nitrogens with one attached hydrogen (secondary N) is 2. The van der Waals surface area contributed by atoms with Gasteiger partial charge in [-0.15, -0.1) is 0 Å². The number of rotatable bonds is 11. The average Bonchev–Trinajstić information content (AvgIpc) is 2.92. The van der Waals surface area contributed by atoms with Crippen LogP contribution in [0.1, 0.15) is 18.3 Å². The molecule has 220 valence electrons. The number of halogens is 1. The standard InChI is InChI=1S/C28H28FN5O6S2/c1-4-40-24-11-9-23(10-12-24)34(42(38,39)26-13-5-21(29)6-14-26)18-27(35)32-22-7-15-25(16-8-22)41(36,37)33-28-30-19(2)17-20(3)31-28/h5-17H,4,18H2,1-3H3,(H,32,35)(H,30,31,33). The van der Waals surface area contributed by atoms with E-state index < -0.39 is 38.3 Å². The van der Waals surface area contributed by atoms with Crippen molar-refractivity contribution in [1.29, 1.82) is 0 Å². The molecule has 0 aliphatic rings. The maximum atomic E-state index is 13.5. The summed E-state index contributed by atoms with van der Waals surface area (Å²) in [5, 5.41) is 2.58. The van der Waals surface area contributed by atoms with E-state index in [-0.39, 0.29) is 27.1 Å². The Morgan fingerprint density at radius 1 is 0.857 bits per heavy atom. The second-order valence-electron chi connectivity index (χ2n) is 9.04. The predicted molar refractivity (Wildman–Crippen MR) is 156 cm³/mol. The Bertz CT molecular complexity index is 1760. The smallest absolute Gasteiger partial charge is 0.264 e. The summed E-state index contributed by atoms with van der Waals surface area (Å²) in [6.07, 6.45) is 0. The minimum atomic E-state index is -4.28. The Labute approximate surface area is 243 Å². The van der Waals surface area contributed by atoms with Crippen LogP contribution in [0.15, 0.2) is 88.7 Å². The van der Waals surface area contributed by atoms with Crippen LogP contribution in [-0.2, 0) is 24.8 Å². The number of carbonyl (C=O) groups excluding carboxylic acids is 1. The molecule has 3 aromatic carbocycles. The second kappa shape index (κ2) is 12.5. The lowest BCUT2D eigenvalue weighted by Crippen LogP contribution is -2.38. The number of hydrogen-bond acceptors (Lipinski definition) is 8. The molecule has 0 saturated carbocycles. The fraction of sp³-hybridized carbons (Fsp3) is 0.179. The molecule has 4 aromatic rings. The lowest BCUT2D eigenvalue weighted by Gasteiger charge is -2.24. The van der Waals surface area contributed by atoms with Gasteiger partial charge in [0.05, 0.1) is 22.1 Å². The fourth-order valence-electron chi connectivity index (χ4n) is 3.92. The lowest BCUT2D eigenvalue weighted by atomic mass is 10.3. The summed E-state index contributed by atoms with van der Waals surface area (Å²) in [4.78, 5) is 20.9. The second-order valence-corrected chi connectivity index (χ2v) is 12.6. The molecule has 0 radical (unpaired) electrons. The third kappa shape index (κ3) is 7.39. The number of ether oxygens (including phenoxy) is 1. The molecule has 1 amide bonds. The Morgan fingerprint density at radius 3 is 2.00 bits per heavy atom. The summed E-state index contributed by atoms with van der Waals surface area (Å²) in [6, 6.07) is 17.4. The Balaban J connectivity index is 1.53. The molecular formula is C28H28FN5O6S2. The average molecular weight is 614 g/mol. The van der Waals surface area contributed by atoms with Gasteiger partial charge in [-0.1, -0.05) is 0 Å². The molecule has 4 rings (SSSR count). The van der Waals surface area contributed by atoms with E-state index in [1.54, 1.807) is 39.0 Å². The van der Waals surface area contributed by atoms with Crippen molar-refractivity contribution in [3.8, 4) is 5.75 Å². The van der Waals surface area contributed by atoms with Crippen molar-refractivity contribution in [2.45, 2.75) is 30.6 Å². The minimum Gasteiger partial charge on any atom is -0.494 e. The number of amides is 1. The van der Waals surface area contributed by atoms with Crippen molar-refractivity contribution in [2.75, 3.05) is 27.5 Å². The largest absolute Gasteiger partial charge is 0.494 e. The van der Waals surface area contributed by atoms with Crippen LogP contribution in [0.5, 0.6) is 5.75 Å². The Hall–Kier alpha value is -4.56. The molecule has 0 unspecified atom stereocenters. The summed E-state index contributed by atoms with van der Waals surface area (Å²) in [7, 11) is -8.30. The van der Waals surface area contributed by atoms with Crippen LogP contribution < -0.4 is 19.1 Å². The zero-order valence-corrected chi connectivity index (χ0v) is 24.5. The van der Waals surface area contributed by atoms with Crippen LogP contribution >= 0.6 is 0 Å². The summed E-state index contributed by atoms with van der Waals surface area (Å²) < 4.78 is 74.7. The molecular weight excluding hydrogens is 585 g/mol. The summed E-state index contributed by atoms with van der Waals surface area (Å²) in [5.74, 6) is -0.867. The van der Waals surface area contributed by atoms with Gasteiger partial charge in [0.1, 0.15) is 18.1 Å². The van der Waals surface area contributed by atoms with Crippen molar-refractivity contribution in [2.24, 2.45) is 0 Å². The zero-order chi connectivity index (χ0) is 30.5. The normalized spacial score (nSPS) is 11.5. The van der Waals surface area contributed by atoms with Gasteiger partial charge in [0, 0.05) is 17.1 Å². The molecule has 11 nitrogen and oxygen atoms in total. The van der Waals surface area contributed by atoms with Crippen LogP contribution in [0.25, 0.3) is 0 Å². The van der Waals surface area contributed by atoms with Gasteiger partial charge in [0.25, 0.3) is 20.0 Å². The number of carbonyl (C=O) groups is 1. The van der Waals surface area contributed by atoms with E-state index in [1.807, 2.05) is 0 Å². The molecule has 0 spiro atoms. The molecule has 1 aromatic heterocycles. The van der Waals surface area contributed by atoms with Gasteiger partial charge >= 0.3 is 0 Å². The molecule has 1 heterocycles. The quantitative estimate of drug-likeness (QED) is 0.255. The van der Waals surface area contributed by atoms with Gasteiger partial charge in [-0.3, -0.25) is 9.10 Å². The fourth-order valence-corrected chi connectivity index (χ4v) is 6.29. The van der Waals surface area contributed by atoms with Crippen LogP contribution in [0.4, 0.5) is 21.7 Å². The van der Waals surface area contributed by atoms with E-state index in [4.69, 9.17) is 4.74 Å². The van der Waals surface area contributed by atoms with Crippen molar-refractivity contribution >= 4 is 43.3 Å². The molecule has 0 atom stereocenters. The number of aromatic nitrogens is 2. The first-order valence-corrected chi connectivity index (χ1v) is 15.6. The molecule has 14 heteroatoms. The van der Waals surface area contributed by atoms with E-state index in [0.29, 0.717) is 23.7 Å². The molecule has 2 N–H and O–H groups in total. The van der Waals surface area contributed by atoms with E-state index in [1.165, 1.54) is 36.4 Å². The number of nitrogens with zero attached hydrogens (tertiary/aromatic N) is 3. The highest BCUT2D eigenvalue weighted by Crippen LogP contribution is 2.26. The third-order valence-electron chi connectivity index (χ3n) is 5.78. The summed E-state index contributed by atoms with van der Waals surface area (Å²) in [5.41, 5.74) is 1.60. The van der Waals surface area contributed by atoms with E-state index in [2.05, 4.69) is 20.0 Å². The summed E-state index contributed by atoms with van der Waals surface area (Å²) >= 11 is 0. The maximum absolute atomic E-state index is 13.5. The van der Waals surface area contributed by atoms with Crippen molar-refractivity contribution < 1.29 is 30.8 Å². The van der Waals surface area contributed by atoms with Crippen molar-refractivity contribution in [3.05, 3.63) is 96.1 Å². The van der Waals surface area contributed by atoms with Crippen LogP contribution in [-0.4, -0.2) is 45.9 Å². The number of aryl methyl sites for hydroxylation is 2. The molecule has 0 aliphatic carbocycles. The molecule has 0 fully saturated rings. The lowest BCUT2D eigenvalue weighted by molar-refractivity contribution is -0.114. The number of benzene rings is 3. The van der Waals surface area contributed by atoms with E-state index in [0.717, 1.165) is 28.6 Å². The van der Waals surface area contributed by atoms with Gasteiger partial charge in [-0.05, 0) is 99.6 Å². The van der Waals surface area contributed by atoms with Crippen LogP contribution in [0, 0.1) is 19.7 Å². The number of anilines is 3. The first kappa shape index (κ1) is 30.4. The zero-order valence-electron chi connectivity index (χ0n) is 22.9. The molecule has 0 aliphatic heterocycles. The van der Waals surface area contributed by atoms with Crippen LogP contribution in [0.3, 0.4) is 0 Å². The number of hydrogen-bond donors (Lipinski definition) is 2. The van der Waals surface area contributed by atoms with Gasteiger partial charge in [0.2, 0.25) is 11.9 Å². The highest BCUT2D eigenvalue weighted by Gasteiger charge is 2.27. The first-order valence-electron chi connectivity index (χ1n) is 12.6. The predicted octanol–water partition coefficient (Wildman–Crippen LogP) is 4.27. The summed E-state index contributed by atoms with van der Waals surface area (Å²) in [6.45, 7) is 5.02. The van der Waals surface area contributed by atoms with E-state index in [9.17, 15) is 26.0 Å². The Kier molecular flexibility index (Phi) is 9.07. The van der Waals surface area contributed by atoms with Gasteiger partial charge in [0.15, 0.2) is 0 Å². The minimum absolute atomic E-state index is 0.0679. The highest BCUT2D eigenvalue weighted by molar-refractivity contribution is 7.93. The number of sulfonamides is 2. The van der Waals surface area contributed by atoms with Crippen molar-refractivity contribution in [3.63, 3.8) is 0 Å². The van der Waals surface area contributed by atoms with Crippen molar-refractivity contribution in [1.82, 2.24) is 9.97 Å². The molecule has 0 bridgehead atoms. The van der Waals surface area contributed by atoms with Gasteiger partial charge in [-0.2, -0.15) is 0 Å². The molecule has 0 saturated heterocycles. The topological polar surface area (TPSA) is 148 Å². The van der Waals surface area contributed by atoms with Gasteiger partial charge < -0.3 is 10.1 Å². The Morgan fingerprint density at radius 2 is 1.43 bits per heavy atom.